The number of alkyl carbamates (subject to hydrolysis) is 2. The summed E-state index contributed by atoms with van der Waals surface area (Å²) >= 11 is 0. The standard InChI is InChI=1S/C39H51N7O7/c1-23(2)32(43-38(50)52-5)36(48)45-19-7-9-29(45)21-41-35(47)28-17-13-26(14-18-28)25-11-15-27(16-12-25)30-22-40-34(42-30)31-10-8-20-46(31)37(49)33(24(3)4)44-39(51)53-6/h11-18,22-24,29,31-33H,7-10,19-21H2,1-6H3,(H,40,42)(H,41,47)(H,43,50)(H,44,51)/t29-,31-,32-,33+/m0/s1. The van der Waals surface area contributed by atoms with E-state index in [1.165, 1.54) is 14.2 Å². The van der Waals surface area contributed by atoms with Crippen LogP contribution in [0.2, 0.25) is 0 Å². The highest BCUT2D eigenvalue weighted by atomic mass is 16.5. The lowest BCUT2D eigenvalue weighted by atomic mass is 10.0. The molecule has 0 aliphatic carbocycles. The number of aromatic amines is 1. The van der Waals surface area contributed by atoms with Crippen molar-refractivity contribution in [1.29, 1.82) is 0 Å². The van der Waals surface area contributed by atoms with Crippen molar-refractivity contribution in [3.63, 3.8) is 0 Å². The maximum absolute atomic E-state index is 13.5. The molecule has 1 aromatic heterocycles. The van der Waals surface area contributed by atoms with Gasteiger partial charge in [-0.15, -0.1) is 0 Å². The molecule has 5 amide bonds. The summed E-state index contributed by atoms with van der Waals surface area (Å²) in [7, 11) is 2.54. The van der Waals surface area contributed by atoms with Crippen molar-refractivity contribution >= 4 is 29.9 Å². The number of amides is 5. The molecule has 4 atom stereocenters. The Bertz CT molecular complexity index is 1760. The Morgan fingerprint density at radius 2 is 1.26 bits per heavy atom. The van der Waals surface area contributed by atoms with E-state index < -0.39 is 24.3 Å². The highest BCUT2D eigenvalue weighted by Crippen LogP contribution is 2.33. The summed E-state index contributed by atoms with van der Waals surface area (Å²) in [6, 6.07) is 13.6. The lowest BCUT2D eigenvalue weighted by molar-refractivity contribution is -0.136. The molecule has 5 rings (SSSR count). The van der Waals surface area contributed by atoms with E-state index in [1.54, 1.807) is 28.1 Å². The summed E-state index contributed by atoms with van der Waals surface area (Å²) in [5.74, 6) is -0.0964. The van der Waals surface area contributed by atoms with Gasteiger partial charge in [-0.05, 0) is 66.3 Å². The number of carbonyl (C=O) groups is 5. The quantitative estimate of drug-likeness (QED) is 0.204. The largest absolute Gasteiger partial charge is 0.453 e. The number of nitrogens with one attached hydrogen (secondary N) is 4. The molecule has 2 aliphatic rings. The van der Waals surface area contributed by atoms with E-state index in [4.69, 9.17) is 9.47 Å². The Hall–Kier alpha value is -5.40. The number of ether oxygens (including phenoxy) is 2. The number of hydrogen-bond acceptors (Lipinski definition) is 8. The molecule has 2 fully saturated rings. The van der Waals surface area contributed by atoms with Crippen molar-refractivity contribution in [2.45, 2.75) is 77.5 Å². The fraction of sp³-hybridized carbons (Fsp3) is 0.487. The molecule has 0 radical (unpaired) electrons. The zero-order chi connectivity index (χ0) is 38.2. The van der Waals surface area contributed by atoms with Gasteiger partial charge in [0.1, 0.15) is 17.9 Å². The average molecular weight is 730 g/mol. The number of methoxy groups -OCH3 is 2. The van der Waals surface area contributed by atoms with Crippen LogP contribution in [0.1, 0.15) is 75.6 Å². The number of likely N-dealkylation sites (tertiary alicyclic amines) is 2. The predicted octanol–water partition coefficient (Wildman–Crippen LogP) is 4.89. The van der Waals surface area contributed by atoms with Crippen LogP contribution in [0.15, 0.2) is 54.7 Å². The lowest BCUT2D eigenvalue weighted by Gasteiger charge is -2.30. The molecule has 0 unspecified atom stereocenters. The summed E-state index contributed by atoms with van der Waals surface area (Å²) in [5, 5.41) is 8.31. The van der Waals surface area contributed by atoms with Gasteiger partial charge in [-0.25, -0.2) is 14.6 Å². The zero-order valence-corrected chi connectivity index (χ0v) is 31.3. The monoisotopic (exact) mass is 729 g/mol. The maximum Gasteiger partial charge on any atom is 0.407 e. The summed E-state index contributed by atoms with van der Waals surface area (Å²) in [5.41, 5.74) is 4.20. The first-order chi connectivity index (χ1) is 25.4. The summed E-state index contributed by atoms with van der Waals surface area (Å²) in [4.78, 5) is 75.2. The van der Waals surface area contributed by atoms with Crippen LogP contribution in [0.25, 0.3) is 22.4 Å². The van der Waals surface area contributed by atoms with Crippen molar-refractivity contribution in [3.8, 4) is 22.4 Å². The number of rotatable bonds is 12. The summed E-state index contributed by atoms with van der Waals surface area (Å²) in [6.45, 7) is 8.97. The average Bonchev–Trinajstić information content (AvgIpc) is 3.96. The van der Waals surface area contributed by atoms with Crippen molar-refractivity contribution in [3.05, 3.63) is 66.1 Å². The first-order valence-corrected chi connectivity index (χ1v) is 18.3. The normalized spacial score (nSPS) is 18.1. The van der Waals surface area contributed by atoms with E-state index in [9.17, 15) is 24.0 Å². The van der Waals surface area contributed by atoms with Crippen molar-refractivity contribution in [2.24, 2.45) is 11.8 Å². The Labute approximate surface area is 310 Å². The fourth-order valence-corrected chi connectivity index (χ4v) is 7.03. The topological polar surface area (TPSA) is 175 Å². The number of H-pyrrole nitrogens is 1. The van der Waals surface area contributed by atoms with E-state index in [1.807, 2.05) is 64.1 Å². The second-order valence-electron chi connectivity index (χ2n) is 14.3. The molecule has 14 nitrogen and oxygen atoms in total. The molecule has 0 bridgehead atoms. The summed E-state index contributed by atoms with van der Waals surface area (Å²) < 4.78 is 9.44. The Balaban J connectivity index is 1.18. The Morgan fingerprint density at radius 1 is 0.755 bits per heavy atom. The maximum atomic E-state index is 13.5. The number of aromatic nitrogens is 2. The van der Waals surface area contributed by atoms with Gasteiger partial charge in [-0.3, -0.25) is 14.4 Å². The molecular weight excluding hydrogens is 678 g/mol. The number of benzene rings is 2. The third-order valence-corrected chi connectivity index (χ3v) is 10.1. The smallest absolute Gasteiger partial charge is 0.407 e. The van der Waals surface area contributed by atoms with E-state index in [0.717, 1.165) is 48.1 Å². The van der Waals surface area contributed by atoms with Gasteiger partial charge >= 0.3 is 12.2 Å². The summed E-state index contributed by atoms with van der Waals surface area (Å²) in [6.07, 6.45) is 3.67. The van der Waals surface area contributed by atoms with Crippen molar-refractivity contribution in [1.82, 2.24) is 35.7 Å². The molecule has 2 aliphatic heterocycles. The molecule has 284 valence electrons. The molecule has 14 heteroatoms. The van der Waals surface area contributed by atoms with Crippen LogP contribution >= 0.6 is 0 Å². The van der Waals surface area contributed by atoms with Crippen molar-refractivity contribution in [2.75, 3.05) is 33.9 Å². The first kappa shape index (κ1) is 38.8. The van der Waals surface area contributed by atoms with E-state index in [2.05, 4.69) is 25.9 Å². The molecule has 0 spiro atoms. The molecule has 3 aromatic rings. The third-order valence-electron chi connectivity index (χ3n) is 10.1. The molecule has 2 saturated heterocycles. The van der Waals surface area contributed by atoms with E-state index >= 15 is 0 Å². The third kappa shape index (κ3) is 9.16. The molecule has 53 heavy (non-hydrogen) atoms. The van der Waals surface area contributed by atoms with Crippen LogP contribution in [-0.2, 0) is 19.1 Å². The van der Waals surface area contributed by atoms with Crippen LogP contribution in [0.4, 0.5) is 9.59 Å². The van der Waals surface area contributed by atoms with Crippen molar-refractivity contribution < 1.29 is 33.4 Å². The van der Waals surface area contributed by atoms with Crippen LogP contribution < -0.4 is 16.0 Å². The highest BCUT2D eigenvalue weighted by molar-refractivity contribution is 5.95. The second-order valence-corrected chi connectivity index (χ2v) is 14.3. The highest BCUT2D eigenvalue weighted by Gasteiger charge is 2.38. The van der Waals surface area contributed by atoms with Crippen LogP contribution in [0, 0.1) is 11.8 Å². The first-order valence-electron chi connectivity index (χ1n) is 18.3. The minimum absolute atomic E-state index is 0.114. The number of imidazole rings is 1. The number of hydrogen-bond donors (Lipinski definition) is 4. The van der Waals surface area contributed by atoms with Gasteiger partial charge in [0.05, 0.1) is 32.2 Å². The second kappa shape index (κ2) is 17.4. The van der Waals surface area contributed by atoms with E-state index in [0.29, 0.717) is 31.0 Å². The predicted molar refractivity (Wildman–Crippen MR) is 199 cm³/mol. The van der Waals surface area contributed by atoms with Gasteiger partial charge in [0.2, 0.25) is 11.8 Å². The molecule has 3 heterocycles. The van der Waals surface area contributed by atoms with Gasteiger partial charge in [0.15, 0.2) is 0 Å². The Kier molecular flexibility index (Phi) is 12.8. The number of nitrogens with zero attached hydrogens (tertiary/aromatic N) is 3. The minimum atomic E-state index is -0.709. The number of carbonyl (C=O) groups excluding carboxylic acids is 5. The van der Waals surface area contributed by atoms with Gasteiger partial charge in [-0.2, -0.15) is 0 Å². The van der Waals surface area contributed by atoms with Crippen LogP contribution in [0.3, 0.4) is 0 Å². The molecule has 4 N–H and O–H groups in total. The zero-order valence-electron chi connectivity index (χ0n) is 31.3. The SMILES string of the molecule is COC(=O)N[C@H](C(=O)N1CCC[C@H]1CNC(=O)c1ccc(-c2ccc(-c3cnc([C@@H]4CCCN4C(=O)[C@H](NC(=O)OC)C(C)C)[nH]3)cc2)cc1)C(C)C. The van der Waals surface area contributed by atoms with Crippen LogP contribution in [0.5, 0.6) is 0 Å². The van der Waals surface area contributed by atoms with Gasteiger partial charge in [0, 0.05) is 31.2 Å². The van der Waals surface area contributed by atoms with Crippen LogP contribution in [-0.4, -0.2) is 102 Å². The molecule has 0 saturated carbocycles. The Morgan fingerprint density at radius 3 is 1.83 bits per heavy atom. The molecular formula is C39H51N7O7. The van der Waals surface area contributed by atoms with Gasteiger partial charge < -0.3 is 40.2 Å². The van der Waals surface area contributed by atoms with E-state index in [-0.39, 0.29) is 41.6 Å². The fourth-order valence-electron chi connectivity index (χ4n) is 7.03. The van der Waals surface area contributed by atoms with Gasteiger partial charge in [0.25, 0.3) is 5.91 Å². The minimum Gasteiger partial charge on any atom is -0.453 e. The van der Waals surface area contributed by atoms with Gasteiger partial charge in [-0.1, -0.05) is 64.1 Å². The molecule has 2 aromatic carbocycles. The lowest BCUT2D eigenvalue weighted by Crippen LogP contribution is -2.54.